The van der Waals surface area contributed by atoms with E-state index in [4.69, 9.17) is 19.3 Å². The number of methoxy groups -OCH3 is 3. The Labute approximate surface area is 196 Å². The molecule has 0 fully saturated rings. The molecular formula is C23H25N5O4S. The summed E-state index contributed by atoms with van der Waals surface area (Å²) in [6, 6.07) is 13.0. The van der Waals surface area contributed by atoms with Crippen LogP contribution in [-0.4, -0.2) is 58.5 Å². The lowest BCUT2D eigenvalue weighted by atomic mass is 9.97. The first-order chi connectivity index (χ1) is 16.0. The average molecular weight is 468 g/mol. The molecule has 0 radical (unpaired) electrons. The van der Waals surface area contributed by atoms with E-state index in [0.717, 1.165) is 22.6 Å². The van der Waals surface area contributed by atoms with Crippen molar-refractivity contribution in [3.8, 4) is 17.2 Å². The monoisotopic (exact) mass is 467 g/mol. The van der Waals surface area contributed by atoms with Gasteiger partial charge in [-0.1, -0.05) is 23.9 Å². The van der Waals surface area contributed by atoms with Gasteiger partial charge in [0.2, 0.25) is 0 Å². The van der Waals surface area contributed by atoms with Crippen LogP contribution in [0.15, 0.2) is 59.0 Å². The maximum absolute atomic E-state index is 13.3. The second kappa shape index (κ2) is 9.95. The number of aromatic nitrogens is 3. The summed E-state index contributed by atoms with van der Waals surface area (Å²) in [7, 11) is 6.66. The van der Waals surface area contributed by atoms with Gasteiger partial charge in [0, 0.05) is 19.0 Å². The molecule has 0 bridgehead atoms. The van der Waals surface area contributed by atoms with E-state index in [1.54, 1.807) is 37.2 Å². The highest BCUT2D eigenvalue weighted by atomic mass is 32.2. The van der Waals surface area contributed by atoms with Crippen LogP contribution in [0.25, 0.3) is 0 Å². The highest BCUT2D eigenvalue weighted by Crippen LogP contribution is 2.42. The predicted octanol–water partition coefficient (Wildman–Crippen LogP) is 3.31. The summed E-state index contributed by atoms with van der Waals surface area (Å²) in [5.74, 6) is 2.00. The van der Waals surface area contributed by atoms with Crippen LogP contribution in [0.2, 0.25) is 0 Å². The molecule has 1 aliphatic heterocycles. The van der Waals surface area contributed by atoms with Crippen molar-refractivity contribution in [2.24, 2.45) is 12.1 Å². The van der Waals surface area contributed by atoms with Crippen molar-refractivity contribution < 1.29 is 19.0 Å². The number of para-hydroxylation sites is 1. The lowest BCUT2D eigenvalue weighted by molar-refractivity contribution is -0.130. The van der Waals surface area contributed by atoms with Gasteiger partial charge in [0.1, 0.15) is 12.1 Å². The summed E-state index contributed by atoms with van der Waals surface area (Å²) < 4.78 is 18.2. The molecule has 0 saturated carbocycles. The predicted molar refractivity (Wildman–Crippen MR) is 125 cm³/mol. The molecule has 10 heteroatoms. The average Bonchev–Trinajstić information content (AvgIpc) is 3.48. The van der Waals surface area contributed by atoms with Crippen LogP contribution >= 0.6 is 11.8 Å². The van der Waals surface area contributed by atoms with E-state index in [2.05, 4.69) is 10.2 Å². The van der Waals surface area contributed by atoms with Crippen molar-refractivity contribution in [3.63, 3.8) is 0 Å². The van der Waals surface area contributed by atoms with Gasteiger partial charge in [-0.05, 0) is 35.9 Å². The number of thioether (sulfide) groups is 1. The highest BCUT2D eigenvalue weighted by Gasteiger charge is 2.35. The molecule has 2 heterocycles. The first-order valence-electron chi connectivity index (χ1n) is 10.3. The van der Waals surface area contributed by atoms with Crippen molar-refractivity contribution in [3.05, 3.63) is 59.9 Å². The van der Waals surface area contributed by atoms with Gasteiger partial charge in [-0.3, -0.25) is 4.79 Å². The molecule has 0 saturated heterocycles. The third-order valence-electron chi connectivity index (χ3n) is 5.38. The highest BCUT2D eigenvalue weighted by molar-refractivity contribution is 7.99. The number of nitrogens with zero attached hydrogens (tertiary/aromatic N) is 5. The zero-order valence-corrected chi connectivity index (χ0v) is 19.7. The summed E-state index contributed by atoms with van der Waals surface area (Å²) in [5, 5.41) is 14.8. The summed E-state index contributed by atoms with van der Waals surface area (Å²) >= 11 is 1.32. The summed E-state index contributed by atoms with van der Waals surface area (Å²) in [4.78, 5) is 13.3. The molecule has 0 aliphatic carbocycles. The van der Waals surface area contributed by atoms with Gasteiger partial charge in [0.25, 0.3) is 5.91 Å². The minimum Gasteiger partial charge on any atom is -0.497 e. The summed E-state index contributed by atoms with van der Waals surface area (Å²) in [6.07, 6.45) is 2.14. The van der Waals surface area contributed by atoms with E-state index in [1.807, 2.05) is 49.5 Å². The largest absolute Gasteiger partial charge is 0.497 e. The zero-order valence-electron chi connectivity index (χ0n) is 18.9. The molecule has 1 aromatic heterocycles. The number of ether oxygens (including phenoxy) is 3. The van der Waals surface area contributed by atoms with E-state index in [1.165, 1.54) is 11.8 Å². The number of hydrogen-bond donors (Lipinski definition) is 0. The standard InChI is InChI=1S/C23H25N5O4S/c1-27-14-24-25-23(27)33-13-21(29)28-19(17-6-5-7-20(31-3)22(17)32-4)12-18(26-28)15-8-10-16(30-2)11-9-15/h5-11,14,19H,12-13H2,1-4H3/t19-/m1/s1. The molecular weight excluding hydrogens is 442 g/mol. The first-order valence-corrected chi connectivity index (χ1v) is 11.3. The van der Waals surface area contributed by atoms with Crippen molar-refractivity contribution in [1.29, 1.82) is 0 Å². The molecule has 1 aliphatic rings. The van der Waals surface area contributed by atoms with Crippen LogP contribution in [-0.2, 0) is 11.8 Å². The van der Waals surface area contributed by atoms with Gasteiger partial charge in [0.15, 0.2) is 16.7 Å². The Morgan fingerprint density at radius 2 is 1.88 bits per heavy atom. The van der Waals surface area contributed by atoms with E-state index >= 15 is 0 Å². The van der Waals surface area contributed by atoms with Crippen LogP contribution in [0, 0.1) is 0 Å². The lowest BCUT2D eigenvalue weighted by Crippen LogP contribution is -2.29. The van der Waals surface area contributed by atoms with Crippen molar-refractivity contribution in [2.45, 2.75) is 17.6 Å². The minimum atomic E-state index is -0.334. The Morgan fingerprint density at radius 3 is 2.52 bits per heavy atom. The minimum absolute atomic E-state index is 0.138. The Morgan fingerprint density at radius 1 is 1.09 bits per heavy atom. The fourth-order valence-electron chi connectivity index (χ4n) is 3.71. The maximum atomic E-state index is 13.3. The fourth-order valence-corrected chi connectivity index (χ4v) is 4.45. The van der Waals surface area contributed by atoms with Crippen molar-refractivity contribution in [2.75, 3.05) is 27.1 Å². The molecule has 4 rings (SSSR count). The van der Waals surface area contributed by atoms with Gasteiger partial charge in [-0.2, -0.15) is 5.10 Å². The molecule has 0 unspecified atom stereocenters. The fraction of sp³-hybridized carbons (Fsp3) is 0.304. The van der Waals surface area contributed by atoms with Crippen molar-refractivity contribution in [1.82, 2.24) is 19.8 Å². The molecule has 3 aromatic rings. The molecule has 1 amide bonds. The molecule has 9 nitrogen and oxygen atoms in total. The normalized spacial score (nSPS) is 15.3. The van der Waals surface area contributed by atoms with E-state index in [0.29, 0.717) is 23.1 Å². The smallest absolute Gasteiger partial charge is 0.253 e. The van der Waals surface area contributed by atoms with Gasteiger partial charge >= 0.3 is 0 Å². The molecule has 0 N–H and O–H groups in total. The topological polar surface area (TPSA) is 91.1 Å². The summed E-state index contributed by atoms with van der Waals surface area (Å²) in [6.45, 7) is 0. The molecule has 0 spiro atoms. The van der Waals surface area contributed by atoms with E-state index in [-0.39, 0.29) is 17.7 Å². The molecule has 1 atom stereocenters. The molecule has 33 heavy (non-hydrogen) atoms. The van der Waals surface area contributed by atoms with Gasteiger partial charge in [-0.25, -0.2) is 5.01 Å². The third-order valence-corrected chi connectivity index (χ3v) is 6.40. The number of hydrazone groups is 1. The summed E-state index contributed by atoms with van der Waals surface area (Å²) in [5.41, 5.74) is 2.57. The van der Waals surface area contributed by atoms with Crippen LogP contribution in [0.5, 0.6) is 17.2 Å². The number of amides is 1. The number of carbonyl (C=O) groups excluding carboxylic acids is 1. The number of rotatable bonds is 8. The Balaban J connectivity index is 1.66. The maximum Gasteiger partial charge on any atom is 0.253 e. The molecule has 172 valence electrons. The van der Waals surface area contributed by atoms with Crippen LogP contribution in [0.3, 0.4) is 0 Å². The quantitative estimate of drug-likeness (QED) is 0.470. The van der Waals surface area contributed by atoms with Gasteiger partial charge in [-0.15, -0.1) is 10.2 Å². The Hall–Kier alpha value is -3.53. The van der Waals surface area contributed by atoms with Crippen LogP contribution in [0.4, 0.5) is 0 Å². The van der Waals surface area contributed by atoms with Gasteiger partial charge < -0.3 is 18.8 Å². The van der Waals surface area contributed by atoms with Crippen molar-refractivity contribution >= 4 is 23.4 Å². The Kier molecular flexibility index (Phi) is 6.83. The Bertz CT molecular complexity index is 1160. The van der Waals surface area contributed by atoms with Crippen LogP contribution < -0.4 is 14.2 Å². The first kappa shape index (κ1) is 22.7. The zero-order chi connectivity index (χ0) is 23.4. The number of carbonyl (C=O) groups is 1. The van der Waals surface area contributed by atoms with Crippen LogP contribution in [0.1, 0.15) is 23.6 Å². The van der Waals surface area contributed by atoms with E-state index in [9.17, 15) is 4.79 Å². The third kappa shape index (κ3) is 4.65. The lowest BCUT2D eigenvalue weighted by Gasteiger charge is -2.24. The SMILES string of the molecule is COc1ccc(C2=NN(C(=O)CSc3nncn3C)[C@@H](c3cccc(OC)c3OC)C2)cc1. The second-order valence-corrected chi connectivity index (χ2v) is 8.27. The van der Waals surface area contributed by atoms with Gasteiger partial charge in [0.05, 0.1) is 38.8 Å². The number of hydrogen-bond acceptors (Lipinski definition) is 8. The van der Waals surface area contributed by atoms with E-state index < -0.39 is 0 Å². The number of aryl methyl sites for hydroxylation is 1. The number of benzene rings is 2. The second-order valence-electron chi connectivity index (χ2n) is 7.33. The molecule has 2 aromatic carbocycles.